The van der Waals surface area contributed by atoms with E-state index < -0.39 is 10.0 Å². The summed E-state index contributed by atoms with van der Waals surface area (Å²) in [6.45, 7) is 4.26. The molecular weight excluding hydrogens is 274 g/mol. The second-order valence-corrected chi connectivity index (χ2v) is 6.33. The molecule has 0 aliphatic carbocycles. The van der Waals surface area contributed by atoms with Gasteiger partial charge in [0.2, 0.25) is 10.0 Å². The maximum absolute atomic E-state index is 11.4. The molecule has 1 aromatic carbocycles. The van der Waals surface area contributed by atoms with E-state index in [0.29, 0.717) is 17.2 Å². The van der Waals surface area contributed by atoms with Crippen LogP contribution in [0.2, 0.25) is 5.02 Å². The number of rotatable bonds is 7. The second kappa shape index (κ2) is 6.97. The van der Waals surface area contributed by atoms with Gasteiger partial charge in [0.1, 0.15) is 12.4 Å². The molecule has 1 aromatic rings. The van der Waals surface area contributed by atoms with Crippen molar-refractivity contribution >= 4 is 21.6 Å². The van der Waals surface area contributed by atoms with E-state index >= 15 is 0 Å². The molecule has 0 aliphatic heterocycles. The third-order valence-corrected chi connectivity index (χ3v) is 4.14. The minimum absolute atomic E-state index is 0.137. The summed E-state index contributed by atoms with van der Waals surface area (Å²) in [6, 6.07) is 5.47. The third-order valence-electron chi connectivity index (χ3n) is 2.24. The van der Waals surface area contributed by atoms with Crippen LogP contribution >= 0.6 is 11.6 Å². The molecule has 1 N–H and O–H groups in total. The van der Waals surface area contributed by atoms with Gasteiger partial charge in [-0.25, -0.2) is 13.1 Å². The summed E-state index contributed by atoms with van der Waals surface area (Å²) in [5.41, 5.74) is 1.04. The molecule has 0 amide bonds. The summed E-state index contributed by atoms with van der Waals surface area (Å²) >= 11 is 5.95. The Bertz CT molecular complexity index is 488. The number of hydrogen-bond acceptors (Lipinski definition) is 3. The molecule has 1 rings (SSSR count). The van der Waals surface area contributed by atoms with Crippen LogP contribution in [0.4, 0.5) is 0 Å². The Morgan fingerprint density at radius 3 is 2.78 bits per heavy atom. The average molecular weight is 292 g/mol. The van der Waals surface area contributed by atoms with Crippen LogP contribution in [-0.4, -0.2) is 27.3 Å². The second-order valence-electron chi connectivity index (χ2n) is 4.00. The van der Waals surface area contributed by atoms with Crippen LogP contribution < -0.4 is 9.46 Å². The van der Waals surface area contributed by atoms with Crippen LogP contribution in [0.1, 0.15) is 18.9 Å². The molecule has 0 heterocycles. The van der Waals surface area contributed by atoms with E-state index in [9.17, 15) is 8.42 Å². The number of hydrogen-bond donors (Lipinski definition) is 1. The lowest BCUT2D eigenvalue weighted by Crippen LogP contribution is -2.30. The zero-order valence-electron chi connectivity index (χ0n) is 10.6. The standard InChI is InChI=1S/C12H18ClNO3S/c1-3-8-18(15,16)14-6-7-17-12-9-10(2)4-5-11(12)13/h4-5,9,14H,3,6-8H2,1-2H3. The van der Waals surface area contributed by atoms with Gasteiger partial charge in [0.25, 0.3) is 0 Å². The van der Waals surface area contributed by atoms with Crippen LogP contribution in [0.15, 0.2) is 18.2 Å². The van der Waals surface area contributed by atoms with Crippen molar-refractivity contribution in [3.8, 4) is 5.75 Å². The van der Waals surface area contributed by atoms with Crippen molar-refractivity contribution in [3.05, 3.63) is 28.8 Å². The molecule has 4 nitrogen and oxygen atoms in total. The third kappa shape index (κ3) is 5.25. The molecule has 0 radical (unpaired) electrons. The number of sulfonamides is 1. The molecule has 0 bridgehead atoms. The normalized spacial score (nSPS) is 11.5. The van der Waals surface area contributed by atoms with Gasteiger partial charge in [0.15, 0.2) is 0 Å². The van der Waals surface area contributed by atoms with Crippen molar-refractivity contribution in [3.63, 3.8) is 0 Å². The maximum atomic E-state index is 11.4. The quantitative estimate of drug-likeness (QED) is 0.785. The SMILES string of the molecule is CCCS(=O)(=O)NCCOc1cc(C)ccc1Cl. The predicted molar refractivity (Wildman–Crippen MR) is 73.8 cm³/mol. The van der Waals surface area contributed by atoms with Crippen molar-refractivity contribution in [1.29, 1.82) is 0 Å². The van der Waals surface area contributed by atoms with E-state index in [1.165, 1.54) is 0 Å². The van der Waals surface area contributed by atoms with Gasteiger partial charge in [-0.15, -0.1) is 0 Å². The Morgan fingerprint density at radius 2 is 2.11 bits per heavy atom. The molecule has 0 saturated heterocycles. The average Bonchev–Trinajstić information content (AvgIpc) is 2.29. The highest BCUT2D eigenvalue weighted by Gasteiger charge is 2.07. The molecule has 102 valence electrons. The van der Waals surface area contributed by atoms with Crippen LogP contribution in [0.5, 0.6) is 5.75 Å². The van der Waals surface area contributed by atoms with E-state index in [4.69, 9.17) is 16.3 Å². The smallest absolute Gasteiger partial charge is 0.211 e. The minimum Gasteiger partial charge on any atom is -0.491 e. The van der Waals surface area contributed by atoms with Crippen molar-refractivity contribution in [2.24, 2.45) is 0 Å². The molecule has 6 heteroatoms. The number of nitrogens with one attached hydrogen (secondary N) is 1. The molecule has 0 atom stereocenters. The number of aryl methyl sites for hydroxylation is 1. The largest absolute Gasteiger partial charge is 0.491 e. The van der Waals surface area contributed by atoms with Crippen LogP contribution in [0, 0.1) is 6.92 Å². The van der Waals surface area contributed by atoms with Gasteiger partial charge < -0.3 is 4.74 Å². The van der Waals surface area contributed by atoms with E-state index in [0.717, 1.165) is 5.56 Å². The predicted octanol–water partition coefficient (Wildman–Crippen LogP) is 2.36. The summed E-state index contributed by atoms with van der Waals surface area (Å²) in [5.74, 6) is 0.712. The molecule has 18 heavy (non-hydrogen) atoms. The summed E-state index contributed by atoms with van der Waals surface area (Å²) in [6.07, 6.45) is 0.597. The first-order valence-corrected chi connectivity index (χ1v) is 7.84. The fourth-order valence-electron chi connectivity index (χ4n) is 1.42. The molecule has 0 saturated carbocycles. The highest BCUT2D eigenvalue weighted by molar-refractivity contribution is 7.89. The number of benzene rings is 1. The Morgan fingerprint density at radius 1 is 1.39 bits per heavy atom. The van der Waals surface area contributed by atoms with Crippen molar-refractivity contribution < 1.29 is 13.2 Å². The monoisotopic (exact) mass is 291 g/mol. The highest BCUT2D eigenvalue weighted by atomic mass is 35.5. The van der Waals surface area contributed by atoms with Gasteiger partial charge in [-0.2, -0.15) is 0 Å². The topological polar surface area (TPSA) is 55.4 Å². The molecular formula is C12H18ClNO3S. The molecule has 0 aromatic heterocycles. The van der Waals surface area contributed by atoms with E-state index in [1.54, 1.807) is 6.07 Å². The summed E-state index contributed by atoms with van der Waals surface area (Å²) < 4.78 is 30.6. The van der Waals surface area contributed by atoms with Gasteiger partial charge >= 0.3 is 0 Å². The van der Waals surface area contributed by atoms with Gasteiger partial charge in [-0.3, -0.25) is 0 Å². The zero-order valence-corrected chi connectivity index (χ0v) is 12.1. The Hall–Kier alpha value is -0.780. The van der Waals surface area contributed by atoms with Gasteiger partial charge in [-0.1, -0.05) is 24.6 Å². The lowest BCUT2D eigenvalue weighted by molar-refractivity contribution is 0.323. The zero-order chi connectivity index (χ0) is 13.6. The Labute approximate surface area is 113 Å². The summed E-state index contributed by atoms with van der Waals surface area (Å²) in [7, 11) is -3.17. The number of halogens is 1. The van der Waals surface area contributed by atoms with Gasteiger partial charge in [0, 0.05) is 6.54 Å². The fourth-order valence-corrected chi connectivity index (χ4v) is 2.67. The van der Waals surface area contributed by atoms with Gasteiger partial charge in [0.05, 0.1) is 10.8 Å². The first kappa shape index (κ1) is 15.3. The molecule has 0 fully saturated rings. The van der Waals surface area contributed by atoms with E-state index in [-0.39, 0.29) is 18.9 Å². The summed E-state index contributed by atoms with van der Waals surface area (Å²) in [4.78, 5) is 0. The first-order valence-electron chi connectivity index (χ1n) is 5.81. The maximum Gasteiger partial charge on any atom is 0.211 e. The van der Waals surface area contributed by atoms with E-state index in [2.05, 4.69) is 4.72 Å². The van der Waals surface area contributed by atoms with Crippen LogP contribution in [0.25, 0.3) is 0 Å². The van der Waals surface area contributed by atoms with Crippen molar-refractivity contribution in [1.82, 2.24) is 4.72 Å². The van der Waals surface area contributed by atoms with Gasteiger partial charge in [-0.05, 0) is 31.0 Å². The molecule has 0 aliphatic rings. The Kier molecular flexibility index (Phi) is 5.91. The fraction of sp³-hybridized carbons (Fsp3) is 0.500. The number of ether oxygens (including phenoxy) is 1. The summed E-state index contributed by atoms with van der Waals surface area (Å²) in [5, 5.41) is 0.525. The highest BCUT2D eigenvalue weighted by Crippen LogP contribution is 2.24. The van der Waals surface area contributed by atoms with Crippen molar-refractivity contribution in [2.45, 2.75) is 20.3 Å². The lowest BCUT2D eigenvalue weighted by Gasteiger charge is -2.09. The molecule has 0 spiro atoms. The molecule has 0 unspecified atom stereocenters. The van der Waals surface area contributed by atoms with E-state index in [1.807, 2.05) is 26.0 Å². The first-order chi connectivity index (χ1) is 8.44. The van der Waals surface area contributed by atoms with Crippen LogP contribution in [0.3, 0.4) is 0 Å². The van der Waals surface area contributed by atoms with Crippen molar-refractivity contribution in [2.75, 3.05) is 18.9 Å². The minimum atomic E-state index is -3.17. The Balaban J connectivity index is 2.40. The van der Waals surface area contributed by atoms with Crippen LogP contribution in [-0.2, 0) is 10.0 Å². The lowest BCUT2D eigenvalue weighted by atomic mass is 10.2.